The van der Waals surface area contributed by atoms with Crippen LogP contribution in [0.4, 0.5) is 0 Å². The Morgan fingerprint density at radius 2 is 2.00 bits per heavy atom. The maximum atomic E-state index is 6.27. The molecule has 0 radical (unpaired) electrons. The van der Waals surface area contributed by atoms with E-state index in [-0.39, 0.29) is 12.1 Å². The number of hydrogen-bond acceptors (Lipinski definition) is 2. The van der Waals surface area contributed by atoms with Crippen molar-refractivity contribution in [3.63, 3.8) is 0 Å². The van der Waals surface area contributed by atoms with E-state index in [1.54, 1.807) is 0 Å². The maximum absolute atomic E-state index is 6.27. The highest BCUT2D eigenvalue weighted by atomic mass is 35.5. The van der Waals surface area contributed by atoms with Gasteiger partial charge in [0.1, 0.15) is 11.9 Å². The standard InChI is InChI=1S/C16H16ClNO/c1-10-6-7-12(17)9-14(10)19-15-8-11-4-2-3-5-13(11)16(15)18/h2-7,9,15-16H,8,18H2,1H3. The van der Waals surface area contributed by atoms with Crippen LogP contribution in [0.3, 0.4) is 0 Å². The molecule has 0 heterocycles. The molecule has 2 aromatic rings. The van der Waals surface area contributed by atoms with Gasteiger partial charge in [-0.15, -0.1) is 0 Å². The lowest BCUT2D eigenvalue weighted by Crippen LogP contribution is -2.28. The Morgan fingerprint density at radius 1 is 1.21 bits per heavy atom. The van der Waals surface area contributed by atoms with Gasteiger partial charge in [-0.05, 0) is 35.7 Å². The fourth-order valence-electron chi connectivity index (χ4n) is 2.57. The second-order valence-electron chi connectivity index (χ2n) is 4.99. The van der Waals surface area contributed by atoms with Crippen LogP contribution >= 0.6 is 11.6 Å². The second-order valence-corrected chi connectivity index (χ2v) is 5.43. The number of benzene rings is 2. The van der Waals surface area contributed by atoms with Crippen LogP contribution in [0.5, 0.6) is 5.75 Å². The zero-order valence-corrected chi connectivity index (χ0v) is 11.5. The number of halogens is 1. The number of ether oxygens (including phenoxy) is 1. The highest BCUT2D eigenvalue weighted by Gasteiger charge is 2.31. The molecule has 0 amide bonds. The summed E-state index contributed by atoms with van der Waals surface area (Å²) < 4.78 is 6.07. The summed E-state index contributed by atoms with van der Waals surface area (Å²) in [5.74, 6) is 0.820. The van der Waals surface area contributed by atoms with Gasteiger partial charge in [0.05, 0.1) is 6.04 Å². The van der Waals surface area contributed by atoms with Crippen molar-refractivity contribution < 1.29 is 4.74 Å². The minimum absolute atomic E-state index is 0.0189. The molecule has 1 aliphatic carbocycles. The monoisotopic (exact) mass is 273 g/mol. The maximum Gasteiger partial charge on any atom is 0.124 e. The lowest BCUT2D eigenvalue weighted by Gasteiger charge is -2.20. The predicted octanol–water partition coefficient (Wildman–Crippen LogP) is 3.65. The smallest absolute Gasteiger partial charge is 0.124 e. The minimum atomic E-state index is -0.0745. The van der Waals surface area contributed by atoms with E-state index in [0.29, 0.717) is 5.02 Å². The highest BCUT2D eigenvalue weighted by Crippen LogP contribution is 2.33. The summed E-state index contributed by atoms with van der Waals surface area (Å²) in [4.78, 5) is 0. The van der Waals surface area contributed by atoms with Gasteiger partial charge in [0.2, 0.25) is 0 Å². The molecule has 0 saturated carbocycles. The first-order valence-electron chi connectivity index (χ1n) is 6.41. The molecule has 1 aliphatic rings. The van der Waals surface area contributed by atoms with E-state index in [1.807, 2.05) is 37.3 Å². The molecule has 0 aromatic heterocycles. The number of rotatable bonds is 2. The van der Waals surface area contributed by atoms with Crippen LogP contribution in [-0.2, 0) is 6.42 Å². The van der Waals surface area contributed by atoms with Crippen LogP contribution in [0.1, 0.15) is 22.7 Å². The normalized spacial score (nSPS) is 21.2. The van der Waals surface area contributed by atoms with Gasteiger partial charge in [-0.3, -0.25) is 0 Å². The molecular formula is C16H16ClNO. The average molecular weight is 274 g/mol. The molecule has 0 fully saturated rings. The Labute approximate surface area is 118 Å². The minimum Gasteiger partial charge on any atom is -0.488 e. The Morgan fingerprint density at radius 3 is 2.79 bits per heavy atom. The molecule has 2 unspecified atom stereocenters. The largest absolute Gasteiger partial charge is 0.488 e. The molecule has 0 spiro atoms. The van der Waals surface area contributed by atoms with E-state index in [1.165, 1.54) is 11.1 Å². The van der Waals surface area contributed by atoms with Gasteiger partial charge < -0.3 is 10.5 Å². The molecule has 2 N–H and O–H groups in total. The summed E-state index contributed by atoms with van der Waals surface area (Å²) in [6, 6.07) is 13.9. The fourth-order valence-corrected chi connectivity index (χ4v) is 2.73. The van der Waals surface area contributed by atoms with Crippen molar-refractivity contribution >= 4 is 11.6 Å². The van der Waals surface area contributed by atoms with E-state index in [9.17, 15) is 0 Å². The zero-order chi connectivity index (χ0) is 13.4. The topological polar surface area (TPSA) is 35.2 Å². The molecule has 3 heteroatoms. The number of fused-ring (bicyclic) bond motifs is 1. The van der Waals surface area contributed by atoms with Crippen molar-refractivity contribution in [1.82, 2.24) is 0 Å². The summed E-state index contributed by atoms with van der Waals surface area (Å²) in [7, 11) is 0. The van der Waals surface area contributed by atoms with E-state index in [0.717, 1.165) is 17.7 Å². The number of hydrogen-bond donors (Lipinski definition) is 1. The average Bonchev–Trinajstić information content (AvgIpc) is 2.72. The molecular weight excluding hydrogens is 258 g/mol. The molecule has 0 bridgehead atoms. The molecule has 2 aromatic carbocycles. The van der Waals surface area contributed by atoms with Gasteiger partial charge in [0, 0.05) is 11.4 Å². The summed E-state index contributed by atoms with van der Waals surface area (Å²) in [5.41, 5.74) is 9.81. The van der Waals surface area contributed by atoms with Crippen LogP contribution in [-0.4, -0.2) is 6.10 Å². The molecule has 2 nitrogen and oxygen atoms in total. The number of aryl methyl sites for hydroxylation is 1. The van der Waals surface area contributed by atoms with Gasteiger partial charge in [-0.1, -0.05) is 41.9 Å². The first-order valence-corrected chi connectivity index (χ1v) is 6.79. The van der Waals surface area contributed by atoms with E-state index >= 15 is 0 Å². The lowest BCUT2D eigenvalue weighted by molar-refractivity contribution is 0.184. The van der Waals surface area contributed by atoms with Crippen LogP contribution in [0.25, 0.3) is 0 Å². The fraction of sp³-hybridized carbons (Fsp3) is 0.250. The summed E-state index contributed by atoms with van der Waals surface area (Å²) in [5, 5.41) is 0.685. The second kappa shape index (κ2) is 4.87. The van der Waals surface area contributed by atoms with Gasteiger partial charge in [-0.2, -0.15) is 0 Å². The molecule has 2 atom stereocenters. The quantitative estimate of drug-likeness (QED) is 0.906. The van der Waals surface area contributed by atoms with Crippen LogP contribution < -0.4 is 10.5 Å². The predicted molar refractivity (Wildman–Crippen MR) is 77.7 cm³/mol. The third-order valence-electron chi connectivity index (χ3n) is 3.66. The van der Waals surface area contributed by atoms with E-state index in [4.69, 9.17) is 22.1 Å². The van der Waals surface area contributed by atoms with Crippen molar-refractivity contribution in [1.29, 1.82) is 0 Å². The molecule has 98 valence electrons. The molecule has 0 saturated heterocycles. The molecule has 19 heavy (non-hydrogen) atoms. The lowest BCUT2D eigenvalue weighted by atomic mass is 10.1. The Hall–Kier alpha value is -1.51. The van der Waals surface area contributed by atoms with Crippen molar-refractivity contribution in [2.24, 2.45) is 5.73 Å². The van der Waals surface area contributed by atoms with Crippen molar-refractivity contribution in [3.05, 3.63) is 64.2 Å². The van der Waals surface area contributed by atoms with Crippen LogP contribution in [0.2, 0.25) is 5.02 Å². The van der Waals surface area contributed by atoms with Crippen LogP contribution in [0, 0.1) is 6.92 Å². The third-order valence-corrected chi connectivity index (χ3v) is 3.90. The molecule has 0 aliphatic heterocycles. The molecule has 3 rings (SSSR count). The van der Waals surface area contributed by atoms with Gasteiger partial charge in [0.25, 0.3) is 0 Å². The summed E-state index contributed by atoms with van der Waals surface area (Å²) in [6.07, 6.45) is 0.832. The van der Waals surface area contributed by atoms with Crippen molar-refractivity contribution in [2.45, 2.75) is 25.5 Å². The third kappa shape index (κ3) is 2.34. The van der Waals surface area contributed by atoms with E-state index < -0.39 is 0 Å². The first kappa shape index (κ1) is 12.5. The summed E-state index contributed by atoms with van der Waals surface area (Å²) >= 11 is 6.02. The van der Waals surface area contributed by atoms with Gasteiger partial charge in [0.15, 0.2) is 0 Å². The van der Waals surface area contributed by atoms with Crippen LogP contribution in [0.15, 0.2) is 42.5 Å². The Balaban J connectivity index is 1.85. The van der Waals surface area contributed by atoms with E-state index in [2.05, 4.69) is 12.1 Å². The Bertz CT molecular complexity index is 611. The van der Waals surface area contributed by atoms with Gasteiger partial charge in [-0.25, -0.2) is 0 Å². The van der Waals surface area contributed by atoms with Crippen molar-refractivity contribution in [3.8, 4) is 5.75 Å². The van der Waals surface area contributed by atoms with Crippen molar-refractivity contribution in [2.75, 3.05) is 0 Å². The summed E-state index contributed by atoms with van der Waals surface area (Å²) in [6.45, 7) is 2.01. The highest BCUT2D eigenvalue weighted by molar-refractivity contribution is 6.30. The number of nitrogens with two attached hydrogens (primary N) is 1. The zero-order valence-electron chi connectivity index (χ0n) is 10.8. The van der Waals surface area contributed by atoms with Gasteiger partial charge >= 0.3 is 0 Å². The SMILES string of the molecule is Cc1ccc(Cl)cc1OC1Cc2ccccc2C1N. The first-order chi connectivity index (χ1) is 9.15. The Kier molecular flexibility index (Phi) is 3.21.